The molecule has 0 bridgehead atoms. The Kier molecular flexibility index (Phi) is 6.27. The standard InChI is InChI=1S/C18H31NO3/c1-17(2,3)15-10-14(21-7)8-9-16(15)22-12-13(20)11-19-18(4,5)6/h8-10,13,19-20H,11-12H2,1-7H3/t13-/m1/s1. The van der Waals surface area contributed by atoms with Crippen molar-refractivity contribution in [1.82, 2.24) is 5.32 Å². The average Bonchev–Trinajstić information content (AvgIpc) is 2.41. The summed E-state index contributed by atoms with van der Waals surface area (Å²) < 4.78 is 11.1. The molecule has 1 aromatic carbocycles. The summed E-state index contributed by atoms with van der Waals surface area (Å²) in [5.74, 6) is 1.61. The SMILES string of the molecule is COc1ccc(OC[C@H](O)CNC(C)(C)C)c(C(C)(C)C)c1. The molecule has 0 aromatic heterocycles. The van der Waals surface area contributed by atoms with Gasteiger partial charge in [-0.1, -0.05) is 20.8 Å². The largest absolute Gasteiger partial charge is 0.497 e. The molecule has 1 rings (SSSR count). The van der Waals surface area contributed by atoms with Gasteiger partial charge in [0.2, 0.25) is 0 Å². The number of methoxy groups -OCH3 is 1. The molecule has 2 N–H and O–H groups in total. The molecule has 0 fully saturated rings. The number of nitrogens with one attached hydrogen (secondary N) is 1. The van der Waals surface area contributed by atoms with Crippen LogP contribution in [0.1, 0.15) is 47.1 Å². The Hall–Kier alpha value is -1.26. The minimum absolute atomic E-state index is 0.0162. The monoisotopic (exact) mass is 309 g/mol. The number of rotatable bonds is 6. The van der Waals surface area contributed by atoms with Crippen molar-refractivity contribution in [3.05, 3.63) is 23.8 Å². The molecule has 0 spiro atoms. The van der Waals surface area contributed by atoms with Gasteiger partial charge >= 0.3 is 0 Å². The van der Waals surface area contributed by atoms with Gasteiger partial charge in [0.25, 0.3) is 0 Å². The van der Waals surface area contributed by atoms with Crippen LogP contribution in [0, 0.1) is 0 Å². The lowest BCUT2D eigenvalue weighted by molar-refractivity contribution is 0.0990. The van der Waals surface area contributed by atoms with Crippen LogP contribution in [0.2, 0.25) is 0 Å². The van der Waals surface area contributed by atoms with Gasteiger partial charge in [-0.3, -0.25) is 0 Å². The number of benzene rings is 1. The molecule has 1 atom stereocenters. The first-order valence-corrected chi connectivity index (χ1v) is 7.77. The highest BCUT2D eigenvalue weighted by Crippen LogP contribution is 2.34. The number of hydrogen-bond donors (Lipinski definition) is 2. The predicted octanol–water partition coefficient (Wildman–Crippen LogP) is 3.12. The molecule has 0 amide bonds. The molecule has 0 radical (unpaired) electrons. The predicted molar refractivity (Wildman–Crippen MR) is 91.0 cm³/mol. The third kappa shape index (κ3) is 6.24. The molecule has 0 unspecified atom stereocenters. The molecule has 0 saturated heterocycles. The first-order valence-electron chi connectivity index (χ1n) is 7.77. The van der Waals surface area contributed by atoms with Gasteiger partial charge in [-0.25, -0.2) is 0 Å². The summed E-state index contributed by atoms with van der Waals surface area (Å²) >= 11 is 0. The van der Waals surface area contributed by atoms with Gasteiger partial charge in [0.15, 0.2) is 0 Å². The Morgan fingerprint density at radius 2 is 1.77 bits per heavy atom. The third-order valence-corrected chi connectivity index (χ3v) is 3.29. The van der Waals surface area contributed by atoms with Crippen LogP contribution >= 0.6 is 0 Å². The van der Waals surface area contributed by atoms with Gasteiger partial charge < -0.3 is 19.9 Å². The van der Waals surface area contributed by atoms with Crippen LogP contribution in [0.5, 0.6) is 11.5 Å². The minimum Gasteiger partial charge on any atom is -0.497 e. The van der Waals surface area contributed by atoms with E-state index in [4.69, 9.17) is 9.47 Å². The van der Waals surface area contributed by atoms with Crippen molar-refractivity contribution < 1.29 is 14.6 Å². The second-order valence-corrected chi connectivity index (χ2v) is 7.71. The van der Waals surface area contributed by atoms with Crippen molar-refractivity contribution in [2.75, 3.05) is 20.3 Å². The zero-order valence-electron chi connectivity index (χ0n) is 15.0. The fraction of sp³-hybridized carbons (Fsp3) is 0.667. The van der Waals surface area contributed by atoms with Crippen LogP contribution in [0.15, 0.2) is 18.2 Å². The Balaban J connectivity index is 2.73. The van der Waals surface area contributed by atoms with Crippen molar-refractivity contribution in [3.63, 3.8) is 0 Å². The first kappa shape index (κ1) is 18.8. The highest BCUT2D eigenvalue weighted by Gasteiger charge is 2.21. The van der Waals surface area contributed by atoms with Crippen molar-refractivity contribution in [1.29, 1.82) is 0 Å². The zero-order chi connectivity index (χ0) is 17.0. The molecule has 1 aromatic rings. The fourth-order valence-corrected chi connectivity index (χ4v) is 2.02. The van der Waals surface area contributed by atoms with Gasteiger partial charge in [-0.05, 0) is 44.4 Å². The number of aliphatic hydroxyl groups is 1. The molecule has 126 valence electrons. The fourth-order valence-electron chi connectivity index (χ4n) is 2.02. The summed E-state index contributed by atoms with van der Waals surface area (Å²) in [6, 6.07) is 5.78. The highest BCUT2D eigenvalue weighted by atomic mass is 16.5. The molecular formula is C18H31NO3. The number of ether oxygens (including phenoxy) is 2. The third-order valence-electron chi connectivity index (χ3n) is 3.29. The number of aliphatic hydroxyl groups excluding tert-OH is 1. The summed E-state index contributed by atoms with van der Waals surface area (Å²) in [6.07, 6.45) is -0.547. The number of β-amino-alcohol motifs (C(OH)–C–C–N with tert-alkyl or cyclic N) is 1. The van der Waals surface area contributed by atoms with Crippen LogP contribution in [-0.4, -0.2) is 37.0 Å². The quantitative estimate of drug-likeness (QED) is 0.848. The van der Waals surface area contributed by atoms with Crippen LogP contribution in [0.3, 0.4) is 0 Å². The summed E-state index contributed by atoms with van der Waals surface area (Å²) in [7, 11) is 1.66. The summed E-state index contributed by atoms with van der Waals surface area (Å²) in [5.41, 5.74) is 0.999. The lowest BCUT2D eigenvalue weighted by Crippen LogP contribution is -2.42. The highest BCUT2D eigenvalue weighted by molar-refractivity contribution is 5.44. The zero-order valence-corrected chi connectivity index (χ0v) is 15.0. The van der Waals surface area contributed by atoms with Gasteiger partial charge in [-0.15, -0.1) is 0 Å². The lowest BCUT2D eigenvalue weighted by atomic mass is 9.86. The van der Waals surface area contributed by atoms with Crippen molar-refractivity contribution >= 4 is 0 Å². The van der Waals surface area contributed by atoms with E-state index in [0.717, 1.165) is 17.1 Å². The summed E-state index contributed by atoms with van der Waals surface area (Å²) in [5, 5.41) is 13.3. The Morgan fingerprint density at radius 1 is 1.14 bits per heavy atom. The molecule has 0 aliphatic carbocycles. The Labute approximate surface area is 134 Å². The average molecular weight is 309 g/mol. The molecule has 0 saturated carbocycles. The molecule has 22 heavy (non-hydrogen) atoms. The molecule has 4 heteroatoms. The molecule has 0 aliphatic rings. The van der Waals surface area contributed by atoms with E-state index in [2.05, 4.69) is 46.9 Å². The smallest absolute Gasteiger partial charge is 0.123 e. The van der Waals surface area contributed by atoms with Crippen molar-refractivity contribution in [3.8, 4) is 11.5 Å². The van der Waals surface area contributed by atoms with Crippen LogP contribution in [0.25, 0.3) is 0 Å². The molecule has 0 aliphatic heterocycles. The van der Waals surface area contributed by atoms with Gasteiger partial charge in [0.05, 0.1) is 7.11 Å². The maximum absolute atomic E-state index is 10.1. The van der Waals surface area contributed by atoms with E-state index in [0.29, 0.717) is 6.54 Å². The minimum atomic E-state index is -0.547. The van der Waals surface area contributed by atoms with E-state index in [1.807, 2.05) is 18.2 Å². The maximum Gasteiger partial charge on any atom is 0.123 e. The Morgan fingerprint density at radius 3 is 2.27 bits per heavy atom. The summed E-state index contributed by atoms with van der Waals surface area (Å²) in [4.78, 5) is 0. The van der Waals surface area contributed by atoms with E-state index >= 15 is 0 Å². The second kappa shape index (κ2) is 7.34. The van der Waals surface area contributed by atoms with Gasteiger partial charge in [-0.2, -0.15) is 0 Å². The van der Waals surface area contributed by atoms with Crippen molar-refractivity contribution in [2.24, 2.45) is 0 Å². The normalized spacial score (nSPS) is 13.8. The van der Waals surface area contributed by atoms with E-state index in [-0.39, 0.29) is 17.6 Å². The van der Waals surface area contributed by atoms with E-state index in [9.17, 15) is 5.11 Å². The first-order chi connectivity index (χ1) is 10.0. The molecule has 4 nitrogen and oxygen atoms in total. The van der Waals surface area contributed by atoms with E-state index in [1.54, 1.807) is 7.11 Å². The van der Waals surface area contributed by atoms with E-state index in [1.165, 1.54) is 0 Å². The number of hydrogen-bond acceptors (Lipinski definition) is 4. The van der Waals surface area contributed by atoms with Crippen molar-refractivity contribution in [2.45, 2.75) is 58.6 Å². The van der Waals surface area contributed by atoms with Crippen LogP contribution < -0.4 is 14.8 Å². The van der Waals surface area contributed by atoms with Gasteiger partial charge in [0, 0.05) is 17.6 Å². The van der Waals surface area contributed by atoms with Crippen LogP contribution in [0.4, 0.5) is 0 Å². The Bertz CT molecular complexity index is 472. The molecular weight excluding hydrogens is 278 g/mol. The second-order valence-electron chi connectivity index (χ2n) is 7.71. The topological polar surface area (TPSA) is 50.7 Å². The lowest BCUT2D eigenvalue weighted by Gasteiger charge is -2.25. The van der Waals surface area contributed by atoms with E-state index < -0.39 is 6.10 Å². The van der Waals surface area contributed by atoms with Crippen LogP contribution in [-0.2, 0) is 5.41 Å². The van der Waals surface area contributed by atoms with Gasteiger partial charge in [0.1, 0.15) is 24.2 Å². The molecule has 0 heterocycles. The maximum atomic E-state index is 10.1. The summed E-state index contributed by atoms with van der Waals surface area (Å²) in [6.45, 7) is 13.4.